The third-order valence-electron chi connectivity index (χ3n) is 2.95. The van der Waals surface area contributed by atoms with Gasteiger partial charge in [-0.05, 0) is 25.0 Å². The molecule has 4 nitrogen and oxygen atoms in total. The molecule has 1 N–H and O–H groups in total. The third kappa shape index (κ3) is 4.17. The minimum atomic E-state index is -0.298. The van der Waals surface area contributed by atoms with Crippen LogP contribution >= 0.6 is 11.6 Å². The second-order valence-corrected chi connectivity index (χ2v) is 4.66. The summed E-state index contributed by atoms with van der Waals surface area (Å²) in [6.07, 6.45) is 2.44. The predicted molar refractivity (Wildman–Crippen MR) is 81.6 cm³/mol. The summed E-state index contributed by atoms with van der Waals surface area (Å²) in [6.45, 7) is 4.35. The Hall–Kier alpha value is -1.68. The van der Waals surface area contributed by atoms with E-state index in [9.17, 15) is 4.79 Å². The molecule has 0 heterocycles. The zero-order valence-electron chi connectivity index (χ0n) is 12.2. The number of methoxy groups -OCH3 is 2. The number of rotatable bonds is 6. The van der Waals surface area contributed by atoms with Crippen LogP contribution in [0.5, 0.6) is 5.75 Å². The molecule has 0 saturated carbocycles. The highest BCUT2D eigenvalue weighted by atomic mass is 35.5. The molecule has 1 aromatic carbocycles. The van der Waals surface area contributed by atoms with Gasteiger partial charge >= 0.3 is 5.97 Å². The first kappa shape index (κ1) is 16.4. The first-order valence-corrected chi connectivity index (χ1v) is 6.76. The SMILES string of the molecule is CC/C(=C/CNc1cc(C)c(Cl)cc1OC)C(=O)OC. The Labute approximate surface area is 124 Å². The van der Waals surface area contributed by atoms with Gasteiger partial charge < -0.3 is 14.8 Å². The molecule has 0 amide bonds. The summed E-state index contributed by atoms with van der Waals surface area (Å²) < 4.78 is 9.98. The number of aryl methyl sites for hydroxylation is 1. The van der Waals surface area contributed by atoms with E-state index < -0.39 is 0 Å². The molecule has 0 aromatic heterocycles. The van der Waals surface area contributed by atoms with Crippen LogP contribution in [0.2, 0.25) is 5.02 Å². The van der Waals surface area contributed by atoms with Crippen LogP contribution in [0.25, 0.3) is 0 Å². The number of esters is 1. The molecular weight excluding hydrogens is 278 g/mol. The van der Waals surface area contributed by atoms with Crippen LogP contribution in [0.15, 0.2) is 23.8 Å². The quantitative estimate of drug-likeness (QED) is 0.644. The van der Waals surface area contributed by atoms with E-state index in [1.54, 1.807) is 13.2 Å². The Morgan fingerprint density at radius 2 is 2.10 bits per heavy atom. The molecular formula is C15H20ClNO3. The van der Waals surface area contributed by atoms with Gasteiger partial charge in [0.25, 0.3) is 0 Å². The van der Waals surface area contributed by atoms with Crippen LogP contribution in [0, 0.1) is 6.92 Å². The maximum absolute atomic E-state index is 11.4. The molecule has 0 saturated heterocycles. The molecule has 1 aromatic rings. The summed E-state index contributed by atoms with van der Waals surface area (Å²) in [5, 5.41) is 3.87. The van der Waals surface area contributed by atoms with Gasteiger partial charge in [-0.25, -0.2) is 4.79 Å². The third-order valence-corrected chi connectivity index (χ3v) is 3.36. The minimum Gasteiger partial charge on any atom is -0.495 e. The van der Waals surface area contributed by atoms with Crippen LogP contribution in [-0.2, 0) is 9.53 Å². The lowest BCUT2D eigenvalue weighted by Crippen LogP contribution is -2.08. The van der Waals surface area contributed by atoms with Crippen molar-refractivity contribution in [1.82, 2.24) is 0 Å². The van der Waals surface area contributed by atoms with Crippen molar-refractivity contribution < 1.29 is 14.3 Å². The second kappa shape index (κ2) is 7.80. The van der Waals surface area contributed by atoms with Crippen molar-refractivity contribution in [1.29, 1.82) is 0 Å². The minimum absolute atomic E-state index is 0.298. The largest absolute Gasteiger partial charge is 0.495 e. The van der Waals surface area contributed by atoms with E-state index in [1.165, 1.54) is 7.11 Å². The van der Waals surface area contributed by atoms with Crippen molar-refractivity contribution in [3.63, 3.8) is 0 Å². The zero-order valence-corrected chi connectivity index (χ0v) is 13.0. The first-order chi connectivity index (χ1) is 9.53. The predicted octanol–water partition coefficient (Wildman–Crippen LogP) is 3.58. The molecule has 110 valence electrons. The van der Waals surface area contributed by atoms with Crippen LogP contribution in [0.3, 0.4) is 0 Å². The summed E-state index contributed by atoms with van der Waals surface area (Å²) in [6, 6.07) is 3.68. The number of carbonyl (C=O) groups is 1. The van der Waals surface area contributed by atoms with Crippen molar-refractivity contribution in [2.45, 2.75) is 20.3 Å². The molecule has 0 atom stereocenters. The maximum atomic E-state index is 11.4. The molecule has 0 spiro atoms. The smallest absolute Gasteiger partial charge is 0.333 e. The van der Waals surface area contributed by atoms with Gasteiger partial charge in [0, 0.05) is 23.2 Å². The standard InChI is InChI=1S/C15H20ClNO3/c1-5-11(15(18)20-4)6-7-17-13-8-10(2)12(16)9-14(13)19-3/h6,8-9,17H,5,7H2,1-4H3/b11-6-. The van der Waals surface area contributed by atoms with E-state index in [1.807, 2.05) is 26.0 Å². The first-order valence-electron chi connectivity index (χ1n) is 6.38. The fourth-order valence-electron chi connectivity index (χ4n) is 1.76. The number of ether oxygens (including phenoxy) is 2. The number of halogens is 1. The van der Waals surface area contributed by atoms with E-state index >= 15 is 0 Å². The van der Waals surface area contributed by atoms with Gasteiger partial charge in [0.2, 0.25) is 0 Å². The highest BCUT2D eigenvalue weighted by molar-refractivity contribution is 6.31. The van der Waals surface area contributed by atoms with Crippen LogP contribution < -0.4 is 10.1 Å². The number of anilines is 1. The average Bonchev–Trinajstić information content (AvgIpc) is 2.46. The number of hydrogen-bond donors (Lipinski definition) is 1. The maximum Gasteiger partial charge on any atom is 0.333 e. The molecule has 1 rings (SSSR count). The number of nitrogens with one attached hydrogen (secondary N) is 1. The van der Waals surface area contributed by atoms with Gasteiger partial charge in [0.1, 0.15) is 5.75 Å². The van der Waals surface area contributed by atoms with Gasteiger partial charge in [0.05, 0.1) is 19.9 Å². The lowest BCUT2D eigenvalue weighted by atomic mass is 10.2. The van der Waals surface area contributed by atoms with Crippen molar-refractivity contribution >= 4 is 23.3 Å². The molecule has 0 aliphatic heterocycles. The molecule has 0 aliphatic carbocycles. The molecule has 0 radical (unpaired) electrons. The molecule has 0 fully saturated rings. The number of hydrogen-bond acceptors (Lipinski definition) is 4. The number of benzene rings is 1. The summed E-state index contributed by atoms with van der Waals surface area (Å²) in [7, 11) is 2.97. The second-order valence-electron chi connectivity index (χ2n) is 4.26. The summed E-state index contributed by atoms with van der Waals surface area (Å²) in [5.41, 5.74) is 2.44. The highest BCUT2D eigenvalue weighted by Gasteiger charge is 2.08. The van der Waals surface area contributed by atoms with Gasteiger partial charge in [-0.1, -0.05) is 24.6 Å². The fraction of sp³-hybridized carbons (Fsp3) is 0.400. The molecule has 0 bridgehead atoms. The van der Waals surface area contributed by atoms with Crippen molar-refractivity contribution in [2.24, 2.45) is 0 Å². The summed E-state index contributed by atoms with van der Waals surface area (Å²) in [4.78, 5) is 11.4. The summed E-state index contributed by atoms with van der Waals surface area (Å²) in [5.74, 6) is 0.374. The van der Waals surface area contributed by atoms with Crippen LogP contribution in [0.4, 0.5) is 5.69 Å². The average molecular weight is 298 g/mol. The Bertz CT molecular complexity index is 512. The van der Waals surface area contributed by atoms with Crippen molar-refractivity contribution in [3.05, 3.63) is 34.4 Å². The highest BCUT2D eigenvalue weighted by Crippen LogP contribution is 2.30. The molecule has 20 heavy (non-hydrogen) atoms. The Morgan fingerprint density at radius 3 is 2.65 bits per heavy atom. The molecule has 0 unspecified atom stereocenters. The molecule has 5 heteroatoms. The van der Waals surface area contributed by atoms with E-state index in [2.05, 4.69) is 5.32 Å². The number of carbonyl (C=O) groups excluding carboxylic acids is 1. The van der Waals surface area contributed by atoms with Crippen LogP contribution in [0.1, 0.15) is 18.9 Å². The van der Waals surface area contributed by atoms with E-state index in [0.29, 0.717) is 29.3 Å². The van der Waals surface area contributed by atoms with Gasteiger partial charge in [0.15, 0.2) is 0 Å². The van der Waals surface area contributed by atoms with Crippen molar-refractivity contribution in [2.75, 3.05) is 26.1 Å². The normalized spacial score (nSPS) is 11.2. The lowest BCUT2D eigenvalue weighted by Gasteiger charge is -2.12. The Balaban J connectivity index is 2.82. The topological polar surface area (TPSA) is 47.6 Å². The fourth-order valence-corrected chi connectivity index (χ4v) is 1.91. The van der Waals surface area contributed by atoms with Gasteiger partial charge in [-0.3, -0.25) is 0 Å². The van der Waals surface area contributed by atoms with Gasteiger partial charge in [-0.15, -0.1) is 0 Å². The monoisotopic (exact) mass is 297 g/mol. The van der Waals surface area contributed by atoms with Gasteiger partial charge in [-0.2, -0.15) is 0 Å². The summed E-state index contributed by atoms with van der Waals surface area (Å²) >= 11 is 6.05. The lowest BCUT2D eigenvalue weighted by molar-refractivity contribution is -0.136. The van der Waals surface area contributed by atoms with E-state index in [-0.39, 0.29) is 5.97 Å². The Kier molecular flexibility index (Phi) is 6.39. The van der Waals surface area contributed by atoms with Crippen LogP contribution in [-0.4, -0.2) is 26.7 Å². The van der Waals surface area contributed by atoms with E-state index in [4.69, 9.17) is 21.1 Å². The van der Waals surface area contributed by atoms with E-state index in [0.717, 1.165) is 11.3 Å². The molecule has 0 aliphatic rings. The zero-order chi connectivity index (χ0) is 15.1. The van der Waals surface area contributed by atoms with Crippen molar-refractivity contribution in [3.8, 4) is 5.75 Å². The Morgan fingerprint density at radius 1 is 1.40 bits per heavy atom.